The molecule has 25 heavy (non-hydrogen) atoms. The van der Waals surface area contributed by atoms with Crippen molar-refractivity contribution >= 4 is 11.9 Å². The topological polar surface area (TPSA) is 12.0 Å². The Morgan fingerprint density at radius 1 is 0.760 bits per heavy atom. The second kappa shape index (κ2) is 9.45. The van der Waals surface area contributed by atoms with Crippen LogP contribution in [0.3, 0.4) is 0 Å². The zero-order valence-electron chi connectivity index (χ0n) is 14.7. The van der Waals surface area contributed by atoms with Crippen molar-refractivity contribution < 1.29 is 0 Å². The number of rotatable bonds is 8. The number of hydrogen-bond donors (Lipinski definition) is 1. The fourth-order valence-electron chi connectivity index (χ4n) is 3.01. The molecule has 0 fully saturated rings. The first kappa shape index (κ1) is 17.8. The molecule has 0 heterocycles. The highest BCUT2D eigenvalue weighted by Gasteiger charge is 2.16. The molecule has 0 atom stereocenters. The highest BCUT2D eigenvalue weighted by molar-refractivity contribution is 7.97. The first-order valence-electron chi connectivity index (χ1n) is 8.98. The first-order valence-corrected chi connectivity index (χ1v) is 9.79. The molecular formula is C23H25NS. The van der Waals surface area contributed by atoms with Gasteiger partial charge in [0.25, 0.3) is 0 Å². The number of hydrogen-bond acceptors (Lipinski definition) is 2. The molecule has 0 saturated carbocycles. The van der Waals surface area contributed by atoms with Crippen molar-refractivity contribution in [3.63, 3.8) is 0 Å². The van der Waals surface area contributed by atoms with E-state index < -0.39 is 0 Å². The third-order valence-electron chi connectivity index (χ3n) is 4.28. The Hall–Kier alpha value is -2.03. The first-order chi connectivity index (χ1) is 12.4. The summed E-state index contributed by atoms with van der Waals surface area (Å²) in [5.41, 5.74) is 3.99. The zero-order valence-corrected chi connectivity index (χ0v) is 15.5. The molecule has 128 valence electrons. The Morgan fingerprint density at radius 2 is 1.36 bits per heavy atom. The standard InChI is InChI=1S/C23H25NS/c1-2-3-17-24-25-22-16-10-15-21(18-22)23(19-11-6-4-7-12-19)20-13-8-5-9-14-20/h4-16,18,23-24H,2-3,17H2,1H3. The number of nitrogens with one attached hydrogen (secondary N) is 1. The maximum Gasteiger partial charge on any atom is 0.0340 e. The van der Waals surface area contributed by atoms with E-state index in [1.807, 2.05) is 0 Å². The molecule has 0 radical (unpaired) electrons. The zero-order chi connectivity index (χ0) is 17.3. The molecule has 2 heteroatoms. The van der Waals surface area contributed by atoms with Crippen molar-refractivity contribution in [1.29, 1.82) is 0 Å². The fourth-order valence-corrected chi connectivity index (χ4v) is 3.76. The molecule has 0 aliphatic carbocycles. The van der Waals surface area contributed by atoms with E-state index in [0.29, 0.717) is 0 Å². The van der Waals surface area contributed by atoms with Crippen LogP contribution in [0.15, 0.2) is 89.8 Å². The van der Waals surface area contributed by atoms with Gasteiger partial charge < -0.3 is 0 Å². The van der Waals surface area contributed by atoms with Gasteiger partial charge in [0.1, 0.15) is 0 Å². The van der Waals surface area contributed by atoms with Gasteiger partial charge >= 0.3 is 0 Å². The van der Waals surface area contributed by atoms with Crippen molar-refractivity contribution in [3.8, 4) is 0 Å². The second-order valence-corrected chi connectivity index (χ2v) is 7.14. The quantitative estimate of drug-likeness (QED) is 0.293. The fraction of sp³-hybridized carbons (Fsp3) is 0.217. The van der Waals surface area contributed by atoms with E-state index in [0.717, 1.165) is 6.54 Å². The van der Waals surface area contributed by atoms with E-state index in [1.165, 1.54) is 34.4 Å². The van der Waals surface area contributed by atoms with Gasteiger partial charge in [0.2, 0.25) is 0 Å². The minimum absolute atomic E-state index is 0.263. The summed E-state index contributed by atoms with van der Waals surface area (Å²) in [6.07, 6.45) is 2.43. The highest BCUT2D eigenvalue weighted by Crippen LogP contribution is 2.33. The average molecular weight is 348 g/mol. The molecule has 1 nitrogen and oxygen atoms in total. The average Bonchev–Trinajstić information content (AvgIpc) is 2.68. The predicted octanol–water partition coefficient (Wildman–Crippen LogP) is 6.26. The summed E-state index contributed by atoms with van der Waals surface area (Å²) in [6, 6.07) is 30.4. The SMILES string of the molecule is CCCCNSc1cccc(C(c2ccccc2)c2ccccc2)c1. The smallest absolute Gasteiger partial charge is 0.0340 e. The van der Waals surface area contributed by atoms with E-state index in [-0.39, 0.29) is 5.92 Å². The predicted molar refractivity (Wildman–Crippen MR) is 109 cm³/mol. The van der Waals surface area contributed by atoms with Crippen LogP contribution in [0.5, 0.6) is 0 Å². The summed E-state index contributed by atoms with van der Waals surface area (Å²) in [5.74, 6) is 0.263. The van der Waals surface area contributed by atoms with Crippen LogP contribution in [0.4, 0.5) is 0 Å². The van der Waals surface area contributed by atoms with Crippen molar-refractivity contribution in [2.75, 3.05) is 6.54 Å². The van der Waals surface area contributed by atoms with Gasteiger partial charge in [-0.05, 0) is 47.2 Å². The van der Waals surface area contributed by atoms with Crippen molar-refractivity contribution in [2.24, 2.45) is 0 Å². The van der Waals surface area contributed by atoms with Crippen molar-refractivity contribution in [1.82, 2.24) is 4.72 Å². The summed E-state index contributed by atoms with van der Waals surface area (Å²) >= 11 is 1.73. The molecule has 0 amide bonds. The molecule has 0 bridgehead atoms. The van der Waals surface area contributed by atoms with Crippen molar-refractivity contribution in [2.45, 2.75) is 30.6 Å². The lowest BCUT2D eigenvalue weighted by Crippen LogP contribution is -2.06. The second-order valence-electron chi connectivity index (χ2n) is 6.18. The van der Waals surface area contributed by atoms with E-state index in [2.05, 4.69) is 96.6 Å². The molecule has 0 aromatic heterocycles. The van der Waals surface area contributed by atoms with Gasteiger partial charge in [0, 0.05) is 17.4 Å². The van der Waals surface area contributed by atoms with Crippen LogP contribution in [0.25, 0.3) is 0 Å². The van der Waals surface area contributed by atoms with Crippen LogP contribution in [-0.4, -0.2) is 6.54 Å². The Bertz CT molecular complexity index is 716. The normalized spacial score (nSPS) is 11.0. The maximum absolute atomic E-state index is 3.46. The molecule has 3 rings (SSSR count). The largest absolute Gasteiger partial charge is 0.260 e. The van der Waals surface area contributed by atoms with Crippen LogP contribution >= 0.6 is 11.9 Å². The van der Waals surface area contributed by atoms with Crippen molar-refractivity contribution in [3.05, 3.63) is 102 Å². The molecular weight excluding hydrogens is 322 g/mol. The molecule has 0 spiro atoms. The van der Waals surface area contributed by atoms with E-state index in [9.17, 15) is 0 Å². The van der Waals surface area contributed by atoms with Gasteiger partial charge in [-0.1, -0.05) is 86.1 Å². The van der Waals surface area contributed by atoms with E-state index in [1.54, 1.807) is 11.9 Å². The van der Waals surface area contributed by atoms with Gasteiger partial charge in [-0.3, -0.25) is 4.72 Å². The van der Waals surface area contributed by atoms with E-state index >= 15 is 0 Å². The van der Waals surface area contributed by atoms with E-state index in [4.69, 9.17) is 0 Å². The molecule has 1 N–H and O–H groups in total. The Balaban J connectivity index is 1.89. The lowest BCUT2D eigenvalue weighted by atomic mass is 9.85. The Kier molecular flexibility index (Phi) is 6.72. The third kappa shape index (κ3) is 4.97. The van der Waals surface area contributed by atoms with Crippen LogP contribution < -0.4 is 4.72 Å². The summed E-state index contributed by atoms with van der Waals surface area (Å²) < 4.78 is 3.46. The lowest BCUT2D eigenvalue weighted by molar-refractivity contribution is 0.776. The maximum atomic E-state index is 3.46. The molecule has 3 aromatic carbocycles. The van der Waals surface area contributed by atoms with Crippen LogP contribution in [0.1, 0.15) is 42.4 Å². The highest BCUT2D eigenvalue weighted by atomic mass is 32.2. The summed E-state index contributed by atoms with van der Waals surface area (Å²) in [5, 5.41) is 0. The number of benzene rings is 3. The van der Waals surface area contributed by atoms with Gasteiger partial charge in [-0.25, -0.2) is 0 Å². The summed E-state index contributed by atoms with van der Waals surface area (Å²) in [6.45, 7) is 3.27. The Morgan fingerprint density at radius 3 is 1.96 bits per heavy atom. The third-order valence-corrected chi connectivity index (χ3v) is 5.12. The number of unbranched alkanes of at least 4 members (excludes halogenated alkanes) is 1. The lowest BCUT2D eigenvalue weighted by Gasteiger charge is -2.19. The summed E-state index contributed by atoms with van der Waals surface area (Å²) in [4.78, 5) is 1.27. The molecule has 0 aliphatic rings. The Labute approximate surface area is 155 Å². The minimum atomic E-state index is 0.263. The minimum Gasteiger partial charge on any atom is -0.260 e. The van der Waals surface area contributed by atoms with Crippen LogP contribution in [0.2, 0.25) is 0 Å². The molecule has 0 saturated heterocycles. The molecule has 0 aliphatic heterocycles. The molecule has 0 unspecified atom stereocenters. The van der Waals surface area contributed by atoms with Gasteiger partial charge in [-0.2, -0.15) is 0 Å². The molecule has 3 aromatic rings. The van der Waals surface area contributed by atoms with Gasteiger partial charge in [-0.15, -0.1) is 0 Å². The van der Waals surface area contributed by atoms with Crippen LogP contribution in [0, 0.1) is 0 Å². The van der Waals surface area contributed by atoms with Gasteiger partial charge in [0.05, 0.1) is 0 Å². The van der Waals surface area contributed by atoms with Crippen LogP contribution in [-0.2, 0) is 0 Å². The van der Waals surface area contributed by atoms with Gasteiger partial charge in [0.15, 0.2) is 0 Å². The summed E-state index contributed by atoms with van der Waals surface area (Å²) in [7, 11) is 0. The monoisotopic (exact) mass is 347 g/mol.